The minimum atomic E-state index is -0.417. The number of rotatable bonds is 2. The molecule has 4 heteroatoms. The molecule has 4 nitrogen and oxygen atoms in total. The number of aromatic amines is 1. The Morgan fingerprint density at radius 1 is 1.28 bits per heavy atom. The van der Waals surface area contributed by atoms with Gasteiger partial charge in [0.1, 0.15) is 5.82 Å². The molecule has 1 aromatic heterocycles. The van der Waals surface area contributed by atoms with E-state index in [0.717, 1.165) is 16.8 Å². The van der Waals surface area contributed by atoms with Crippen molar-refractivity contribution in [3.63, 3.8) is 0 Å². The number of hydrogen-bond acceptors (Lipinski definition) is 3. The fourth-order valence-corrected chi connectivity index (χ4v) is 1.96. The molecular weight excluding hydrogens is 228 g/mol. The van der Waals surface area contributed by atoms with Crippen LogP contribution < -0.4 is 0 Å². The van der Waals surface area contributed by atoms with Crippen LogP contribution in [0.4, 0.5) is 0 Å². The summed E-state index contributed by atoms with van der Waals surface area (Å²) in [5, 5.41) is 0. The number of esters is 1. The smallest absolute Gasteiger partial charge is 0.358 e. The number of carbonyl (C=O) groups excluding carboxylic acids is 1. The van der Waals surface area contributed by atoms with Gasteiger partial charge in [-0.15, -0.1) is 0 Å². The molecule has 2 rings (SSSR count). The highest BCUT2D eigenvalue weighted by atomic mass is 16.5. The zero-order chi connectivity index (χ0) is 13.3. The van der Waals surface area contributed by atoms with Crippen molar-refractivity contribution in [3.8, 4) is 11.4 Å². The zero-order valence-corrected chi connectivity index (χ0v) is 11.0. The maximum Gasteiger partial charge on any atom is 0.358 e. The van der Waals surface area contributed by atoms with E-state index in [9.17, 15) is 4.79 Å². The lowest BCUT2D eigenvalue weighted by Crippen LogP contribution is -2.03. The lowest BCUT2D eigenvalue weighted by atomic mass is 10.1. The maximum absolute atomic E-state index is 11.5. The van der Waals surface area contributed by atoms with E-state index in [1.165, 1.54) is 12.7 Å². The highest BCUT2D eigenvalue weighted by Gasteiger charge is 2.16. The quantitative estimate of drug-likeness (QED) is 0.826. The summed E-state index contributed by atoms with van der Waals surface area (Å²) in [4.78, 5) is 18.9. The van der Waals surface area contributed by atoms with Crippen LogP contribution in [0.3, 0.4) is 0 Å². The van der Waals surface area contributed by atoms with Gasteiger partial charge in [0.05, 0.1) is 7.11 Å². The summed E-state index contributed by atoms with van der Waals surface area (Å²) >= 11 is 0. The molecule has 0 amide bonds. The van der Waals surface area contributed by atoms with Crippen LogP contribution in [0.15, 0.2) is 18.2 Å². The standard InChI is InChI=1S/C14H16N2O2/c1-8-5-6-11(9(2)7-8)13-15-10(3)12(16-13)14(17)18-4/h5-7H,1-4H3,(H,15,16). The van der Waals surface area contributed by atoms with Crippen LogP contribution in [0.2, 0.25) is 0 Å². The molecule has 1 heterocycles. The van der Waals surface area contributed by atoms with E-state index in [-0.39, 0.29) is 0 Å². The number of hydrogen-bond donors (Lipinski definition) is 1. The Labute approximate surface area is 106 Å². The fraction of sp³-hybridized carbons (Fsp3) is 0.286. The van der Waals surface area contributed by atoms with Crippen LogP contribution in [0.25, 0.3) is 11.4 Å². The third kappa shape index (κ3) is 2.14. The zero-order valence-electron chi connectivity index (χ0n) is 11.0. The molecule has 0 unspecified atom stereocenters. The number of H-pyrrole nitrogens is 1. The number of aryl methyl sites for hydroxylation is 3. The van der Waals surface area contributed by atoms with Crippen molar-refractivity contribution in [1.82, 2.24) is 9.97 Å². The lowest BCUT2D eigenvalue weighted by Gasteiger charge is -2.03. The summed E-state index contributed by atoms with van der Waals surface area (Å²) in [6, 6.07) is 6.12. The van der Waals surface area contributed by atoms with Gasteiger partial charge in [0.15, 0.2) is 5.69 Å². The second kappa shape index (κ2) is 4.64. The number of nitrogens with zero attached hydrogens (tertiary/aromatic N) is 1. The molecule has 0 spiro atoms. The molecule has 2 aromatic rings. The van der Waals surface area contributed by atoms with Crippen molar-refractivity contribution in [3.05, 3.63) is 40.7 Å². The number of nitrogens with one attached hydrogen (secondary N) is 1. The molecule has 0 aliphatic carbocycles. The van der Waals surface area contributed by atoms with Gasteiger partial charge in [-0.25, -0.2) is 9.78 Å². The first-order valence-electron chi connectivity index (χ1n) is 5.75. The maximum atomic E-state index is 11.5. The van der Waals surface area contributed by atoms with E-state index in [1.807, 2.05) is 32.9 Å². The average Bonchev–Trinajstić information content (AvgIpc) is 2.70. The highest BCUT2D eigenvalue weighted by molar-refractivity contribution is 5.89. The number of benzene rings is 1. The summed E-state index contributed by atoms with van der Waals surface area (Å²) < 4.78 is 4.69. The molecule has 1 aromatic carbocycles. The fourth-order valence-electron chi connectivity index (χ4n) is 1.96. The largest absolute Gasteiger partial charge is 0.464 e. The normalized spacial score (nSPS) is 10.4. The first-order chi connectivity index (χ1) is 8.52. The SMILES string of the molecule is COC(=O)c1nc(-c2ccc(C)cc2C)[nH]c1C. The second-order valence-electron chi connectivity index (χ2n) is 4.37. The first kappa shape index (κ1) is 12.4. The van der Waals surface area contributed by atoms with Crippen LogP contribution in [0.1, 0.15) is 27.3 Å². The molecule has 0 radical (unpaired) electrons. The molecule has 94 valence electrons. The summed E-state index contributed by atoms with van der Waals surface area (Å²) in [6.45, 7) is 5.88. The number of aromatic nitrogens is 2. The third-order valence-electron chi connectivity index (χ3n) is 2.90. The van der Waals surface area contributed by atoms with Crippen LogP contribution in [0.5, 0.6) is 0 Å². The Morgan fingerprint density at radius 2 is 2.00 bits per heavy atom. The van der Waals surface area contributed by atoms with E-state index < -0.39 is 5.97 Å². The summed E-state index contributed by atoms with van der Waals surface area (Å²) in [7, 11) is 1.35. The van der Waals surface area contributed by atoms with Crippen molar-refractivity contribution in [2.75, 3.05) is 7.11 Å². The highest BCUT2D eigenvalue weighted by Crippen LogP contribution is 2.23. The molecule has 0 bridgehead atoms. The van der Waals surface area contributed by atoms with Crippen molar-refractivity contribution in [1.29, 1.82) is 0 Å². The predicted molar refractivity (Wildman–Crippen MR) is 69.6 cm³/mol. The number of imidazole rings is 1. The molecule has 0 aliphatic heterocycles. The van der Waals surface area contributed by atoms with Crippen molar-refractivity contribution in [2.45, 2.75) is 20.8 Å². The molecule has 0 atom stereocenters. The van der Waals surface area contributed by atoms with Gasteiger partial charge < -0.3 is 9.72 Å². The van der Waals surface area contributed by atoms with E-state index in [0.29, 0.717) is 11.5 Å². The Morgan fingerprint density at radius 3 is 2.61 bits per heavy atom. The van der Waals surface area contributed by atoms with Gasteiger partial charge in [-0.1, -0.05) is 23.8 Å². The van der Waals surface area contributed by atoms with Crippen molar-refractivity contribution >= 4 is 5.97 Å². The Bertz CT molecular complexity index is 600. The van der Waals surface area contributed by atoms with Gasteiger partial charge >= 0.3 is 5.97 Å². The molecule has 1 N–H and O–H groups in total. The van der Waals surface area contributed by atoms with Crippen molar-refractivity contribution in [2.24, 2.45) is 0 Å². The van der Waals surface area contributed by atoms with Gasteiger partial charge in [0.2, 0.25) is 0 Å². The van der Waals surface area contributed by atoms with Crippen LogP contribution in [-0.2, 0) is 4.74 Å². The minimum absolute atomic E-state index is 0.340. The predicted octanol–water partition coefficient (Wildman–Crippen LogP) is 2.79. The van der Waals surface area contributed by atoms with Crippen molar-refractivity contribution < 1.29 is 9.53 Å². The topological polar surface area (TPSA) is 55.0 Å². The molecule has 0 saturated heterocycles. The Hall–Kier alpha value is -2.10. The van der Waals surface area contributed by atoms with Crippen LogP contribution in [-0.4, -0.2) is 23.0 Å². The third-order valence-corrected chi connectivity index (χ3v) is 2.90. The van der Waals surface area contributed by atoms with Gasteiger partial charge in [-0.3, -0.25) is 0 Å². The second-order valence-corrected chi connectivity index (χ2v) is 4.37. The summed E-state index contributed by atoms with van der Waals surface area (Å²) in [6.07, 6.45) is 0. The van der Waals surface area contributed by atoms with Crippen LogP contribution >= 0.6 is 0 Å². The van der Waals surface area contributed by atoms with E-state index in [2.05, 4.69) is 16.0 Å². The molecule has 0 aliphatic rings. The Kier molecular flexibility index (Phi) is 3.19. The first-order valence-corrected chi connectivity index (χ1v) is 5.75. The molecule has 0 saturated carbocycles. The molecule has 18 heavy (non-hydrogen) atoms. The van der Waals surface area contributed by atoms with E-state index >= 15 is 0 Å². The number of ether oxygens (including phenoxy) is 1. The van der Waals surface area contributed by atoms with Gasteiger partial charge in [-0.2, -0.15) is 0 Å². The lowest BCUT2D eigenvalue weighted by molar-refractivity contribution is 0.0594. The number of carbonyl (C=O) groups is 1. The monoisotopic (exact) mass is 244 g/mol. The number of methoxy groups -OCH3 is 1. The average molecular weight is 244 g/mol. The minimum Gasteiger partial charge on any atom is -0.464 e. The summed E-state index contributed by atoms with van der Waals surface area (Å²) in [5.41, 5.74) is 4.39. The summed E-state index contributed by atoms with van der Waals surface area (Å²) in [5.74, 6) is 0.283. The van der Waals surface area contributed by atoms with Gasteiger partial charge in [-0.05, 0) is 26.3 Å². The van der Waals surface area contributed by atoms with Gasteiger partial charge in [0.25, 0.3) is 0 Å². The van der Waals surface area contributed by atoms with Gasteiger partial charge in [0, 0.05) is 11.3 Å². The van der Waals surface area contributed by atoms with E-state index in [1.54, 1.807) is 0 Å². The Balaban J connectivity index is 2.49. The molecule has 0 fully saturated rings. The van der Waals surface area contributed by atoms with E-state index in [4.69, 9.17) is 4.74 Å². The molecular formula is C14H16N2O2. The van der Waals surface area contributed by atoms with Crippen LogP contribution in [0, 0.1) is 20.8 Å².